The van der Waals surface area contributed by atoms with Crippen LogP contribution in [0.5, 0.6) is 0 Å². The molecule has 0 atom stereocenters. The van der Waals surface area contributed by atoms with Crippen molar-refractivity contribution in [3.8, 4) is 0 Å². The fourth-order valence-corrected chi connectivity index (χ4v) is 4.13. The Hall–Kier alpha value is -2.25. The normalized spacial score (nSPS) is 13.1. The second-order valence-electron chi connectivity index (χ2n) is 7.50. The molecule has 0 aromatic heterocycles. The predicted octanol–water partition coefficient (Wildman–Crippen LogP) is 4.97. The van der Waals surface area contributed by atoms with Crippen LogP contribution in [0.25, 0.3) is 0 Å². The van der Waals surface area contributed by atoms with Crippen LogP contribution < -0.4 is 10.2 Å². The minimum absolute atomic E-state index is 0.304. The molecule has 1 aliphatic rings. The molecule has 4 nitrogen and oxygen atoms in total. The number of rotatable bonds is 8. The van der Waals surface area contributed by atoms with Crippen LogP contribution in [0.4, 0.5) is 20.2 Å². The highest BCUT2D eigenvalue weighted by molar-refractivity contribution is 7.80. The molecule has 1 aliphatic heterocycles. The standard InChI is InChI=1S/C23H29F2N3OS/c1-3-27-9-4-6-18-12-17(7-8-22(18)27)16-28(10-5-11-29-2)23(30)26-21-14-19(24)13-20(25)15-21/h7-8,12-15H,3-6,9-11,16H2,1-2H3,(H,26,30). The second-order valence-corrected chi connectivity index (χ2v) is 7.89. The van der Waals surface area contributed by atoms with Crippen molar-refractivity contribution in [3.63, 3.8) is 0 Å². The molecule has 3 rings (SSSR count). The molecule has 0 spiro atoms. The van der Waals surface area contributed by atoms with Gasteiger partial charge in [-0.25, -0.2) is 8.78 Å². The number of nitrogens with one attached hydrogen (secondary N) is 1. The van der Waals surface area contributed by atoms with Crippen LogP contribution in [-0.4, -0.2) is 43.4 Å². The van der Waals surface area contributed by atoms with Crippen LogP contribution in [0.2, 0.25) is 0 Å². The predicted molar refractivity (Wildman–Crippen MR) is 122 cm³/mol. The summed E-state index contributed by atoms with van der Waals surface area (Å²) in [7, 11) is 1.67. The molecule has 0 bridgehead atoms. The molecule has 1 N–H and O–H groups in total. The van der Waals surface area contributed by atoms with Crippen LogP contribution >= 0.6 is 12.2 Å². The van der Waals surface area contributed by atoms with Crippen molar-refractivity contribution in [2.75, 3.05) is 43.6 Å². The Morgan fingerprint density at radius 2 is 1.97 bits per heavy atom. The van der Waals surface area contributed by atoms with Crippen LogP contribution in [0.3, 0.4) is 0 Å². The third kappa shape index (κ3) is 5.89. The highest BCUT2D eigenvalue weighted by Gasteiger charge is 2.17. The number of thiocarbonyl (C=S) groups is 1. The fraction of sp³-hybridized carbons (Fsp3) is 0.435. The number of benzene rings is 2. The van der Waals surface area contributed by atoms with Gasteiger partial charge in [-0.15, -0.1) is 0 Å². The third-order valence-electron chi connectivity index (χ3n) is 5.29. The maximum Gasteiger partial charge on any atom is 0.173 e. The molecule has 30 heavy (non-hydrogen) atoms. The molecule has 0 radical (unpaired) electrons. The van der Waals surface area contributed by atoms with Crippen LogP contribution in [0, 0.1) is 11.6 Å². The number of halogens is 2. The first kappa shape index (κ1) is 22.4. The summed E-state index contributed by atoms with van der Waals surface area (Å²) in [6.07, 6.45) is 3.03. The van der Waals surface area contributed by atoms with Gasteiger partial charge in [0, 0.05) is 57.3 Å². The van der Waals surface area contributed by atoms with Gasteiger partial charge in [-0.3, -0.25) is 0 Å². The Morgan fingerprint density at radius 1 is 1.20 bits per heavy atom. The highest BCUT2D eigenvalue weighted by Crippen LogP contribution is 2.28. The number of nitrogens with zero attached hydrogens (tertiary/aromatic N) is 2. The molecule has 1 heterocycles. The van der Waals surface area contributed by atoms with E-state index in [1.54, 1.807) is 7.11 Å². The van der Waals surface area contributed by atoms with Crippen molar-refractivity contribution < 1.29 is 13.5 Å². The molecule has 0 saturated heterocycles. The van der Waals surface area contributed by atoms with Gasteiger partial charge in [-0.2, -0.15) is 0 Å². The Balaban J connectivity index is 1.75. The Bertz CT molecular complexity index is 857. The Labute approximate surface area is 182 Å². The quantitative estimate of drug-likeness (QED) is 0.469. The second kappa shape index (κ2) is 10.7. The van der Waals surface area contributed by atoms with E-state index in [9.17, 15) is 8.78 Å². The van der Waals surface area contributed by atoms with Crippen LogP contribution in [-0.2, 0) is 17.7 Å². The average molecular weight is 434 g/mol. The Kier molecular flexibility index (Phi) is 7.99. The molecule has 0 fully saturated rings. The van der Waals surface area contributed by atoms with Gasteiger partial charge in [-0.05, 0) is 67.7 Å². The van der Waals surface area contributed by atoms with E-state index >= 15 is 0 Å². The zero-order valence-electron chi connectivity index (χ0n) is 17.6. The zero-order chi connectivity index (χ0) is 21.5. The van der Waals surface area contributed by atoms with E-state index in [1.165, 1.54) is 28.9 Å². The van der Waals surface area contributed by atoms with Crippen molar-refractivity contribution in [1.29, 1.82) is 0 Å². The summed E-state index contributed by atoms with van der Waals surface area (Å²) in [4.78, 5) is 4.42. The van der Waals surface area contributed by atoms with Crippen LogP contribution in [0.1, 0.15) is 30.9 Å². The molecular weight excluding hydrogens is 404 g/mol. The maximum absolute atomic E-state index is 13.5. The summed E-state index contributed by atoms with van der Waals surface area (Å²) < 4.78 is 32.3. The van der Waals surface area contributed by atoms with Crippen molar-refractivity contribution in [2.24, 2.45) is 0 Å². The minimum Gasteiger partial charge on any atom is -0.385 e. The smallest absolute Gasteiger partial charge is 0.173 e. The molecule has 2 aromatic carbocycles. The van der Waals surface area contributed by atoms with E-state index in [0.29, 0.717) is 30.5 Å². The summed E-state index contributed by atoms with van der Waals surface area (Å²) in [5.74, 6) is -1.28. The van der Waals surface area contributed by atoms with Gasteiger partial charge in [-0.1, -0.05) is 12.1 Å². The molecule has 7 heteroatoms. The first-order chi connectivity index (χ1) is 14.5. The number of aryl methyl sites for hydroxylation is 1. The number of fused-ring (bicyclic) bond motifs is 1. The lowest BCUT2D eigenvalue weighted by Gasteiger charge is -2.31. The largest absolute Gasteiger partial charge is 0.385 e. The molecule has 0 amide bonds. The minimum atomic E-state index is -0.638. The topological polar surface area (TPSA) is 27.7 Å². The lowest BCUT2D eigenvalue weighted by molar-refractivity contribution is 0.185. The summed E-state index contributed by atoms with van der Waals surface area (Å²) in [5.41, 5.74) is 4.15. The number of methoxy groups -OCH3 is 1. The van der Waals surface area contributed by atoms with E-state index in [1.807, 2.05) is 4.90 Å². The molecular formula is C23H29F2N3OS. The Morgan fingerprint density at radius 3 is 2.67 bits per heavy atom. The number of ether oxygens (including phenoxy) is 1. The summed E-state index contributed by atoms with van der Waals surface area (Å²) in [5, 5.41) is 3.41. The van der Waals surface area contributed by atoms with Crippen molar-refractivity contribution >= 4 is 28.7 Å². The lowest BCUT2D eigenvalue weighted by atomic mass is 9.99. The fourth-order valence-electron chi connectivity index (χ4n) is 3.86. The van der Waals surface area contributed by atoms with Gasteiger partial charge in [0.2, 0.25) is 0 Å². The van der Waals surface area contributed by atoms with Gasteiger partial charge in [0.1, 0.15) is 11.6 Å². The number of hydrogen-bond acceptors (Lipinski definition) is 3. The van der Waals surface area contributed by atoms with E-state index < -0.39 is 11.6 Å². The molecule has 0 saturated carbocycles. The van der Waals surface area contributed by atoms with Crippen LogP contribution in [0.15, 0.2) is 36.4 Å². The van der Waals surface area contributed by atoms with Crippen molar-refractivity contribution in [3.05, 3.63) is 59.2 Å². The summed E-state index contributed by atoms with van der Waals surface area (Å²) >= 11 is 5.57. The first-order valence-corrected chi connectivity index (χ1v) is 10.8. The van der Waals surface area contributed by atoms with E-state index in [2.05, 4.69) is 35.3 Å². The molecule has 0 aliphatic carbocycles. The van der Waals surface area contributed by atoms with E-state index in [0.717, 1.165) is 38.4 Å². The zero-order valence-corrected chi connectivity index (χ0v) is 18.4. The van der Waals surface area contributed by atoms with E-state index in [-0.39, 0.29) is 0 Å². The van der Waals surface area contributed by atoms with Gasteiger partial charge < -0.3 is 19.9 Å². The molecule has 0 unspecified atom stereocenters. The average Bonchev–Trinajstić information content (AvgIpc) is 2.71. The van der Waals surface area contributed by atoms with Gasteiger partial charge in [0.15, 0.2) is 5.11 Å². The lowest BCUT2D eigenvalue weighted by Crippen LogP contribution is -2.35. The van der Waals surface area contributed by atoms with Gasteiger partial charge in [0.05, 0.1) is 0 Å². The molecule has 2 aromatic rings. The number of hydrogen-bond donors (Lipinski definition) is 1. The maximum atomic E-state index is 13.5. The van der Waals surface area contributed by atoms with E-state index in [4.69, 9.17) is 17.0 Å². The van der Waals surface area contributed by atoms with Crippen molar-refractivity contribution in [1.82, 2.24) is 4.90 Å². The third-order valence-corrected chi connectivity index (χ3v) is 5.65. The van der Waals surface area contributed by atoms with Crippen molar-refractivity contribution in [2.45, 2.75) is 32.7 Å². The monoisotopic (exact) mass is 433 g/mol. The first-order valence-electron chi connectivity index (χ1n) is 10.4. The summed E-state index contributed by atoms with van der Waals surface area (Å²) in [6.45, 7) is 6.20. The summed E-state index contributed by atoms with van der Waals surface area (Å²) in [6, 6.07) is 9.91. The molecule has 162 valence electrons. The van der Waals surface area contributed by atoms with Gasteiger partial charge >= 0.3 is 0 Å². The number of anilines is 2. The highest BCUT2D eigenvalue weighted by atomic mass is 32.1. The van der Waals surface area contributed by atoms with Gasteiger partial charge in [0.25, 0.3) is 0 Å². The SMILES string of the molecule is CCN1CCCc2cc(CN(CCCOC)C(=S)Nc3cc(F)cc(F)c3)ccc21.